The monoisotopic (exact) mass is 696 g/mol. The Balaban J connectivity index is 1.38. The van der Waals surface area contributed by atoms with E-state index in [0.29, 0.717) is 0 Å². The van der Waals surface area contributed by atoms with Crippen LogP contribution in [0.4, 0.5) is 34.1 Å². The Morgan fingerprint density at radius 2 is 0.741 bits per heavy atom. The van der Waals surface area contributed by atoms with Crippen LogP contribution in [0.25, 0.3) is 43.8 Å². The third-order valence-electron chi connectivity index (χ3n) is 9.93. The van der Waals surface area contributed by atoms with Crippen molar-refractivity contribution in [3.8, 4) is 22.3 Å². The van der Waals surface area contributed by atoms with Crippen LogP contribution < -0.4 is 9.80 Å². The standard InChI is InChI=1S/C48H36N6/c1-33-7-11-35(12-8-33)47-43-17-15-40(54(38-21-27-50-28-22-38)42-6-4-24-52-32-42)30-46(43)48(36-13-9-34(2)10-14-36)44-18-16-39(29-45(44)47)53(37-19-25-49-26-20-37)41-5-3-23-51-31-41/h3-32H,1-2H3. The fourth-order valence-electron chi connectivity index (χ4n) is 7.40. The normalized spacial score (nSPS) is 11.1. The molecular weight excluding hydrogens is 661 g/mol. The molecular formula is C48H36N6. The molecule has 0 amide bonds. The Morgan fingerprint density at radius 3 is 1.11 bits per heavy atom. The summed E-state index contributed by atoms with van der Waals surface area (Å²) in [6.45, 7) is 4.27. The third kappa shape index (κ3) is 6.10. The maximum absolute atomic E-state index is 4.49. The first-order chi connectivity index (χ1) is 26.6. The molecule has 4 aromatic heterocycles. The fourth-order valence-corrected chi connectivity index (χ4v) is 7.40. The number of nitrogens with zero attached hydrogens (tertiary/aromatic N) is 6. The van der Waals surface area contributed by atoms with Crippen LogP contribution in [0.1, 0.15) is 11.1 Å². The molecule has 0 fully saturated rings. The van der Waals surface area contributed by atoms with Crippen LogP contribution in [0, 0.1) is 13.8 Å². The molecule has 0 N–H and O–H groups in total. The second kappa shape index (κ2) is 14.1. The van der Waals surface area contributed by atoms with E-state index in [1.54, 1.807) is 0 Å². The zero-order valence-corrected chi connectivity index (χ0v) is 30.0. The van der Waals surface area contributed by atoms with Gasteiger partial charge >= 0.3 is 0 Å². The van der Waals surface area contributed by atoms with Gasteiger partial charge in [0, 0.05) is 59.9 Å². The maximum atomic E-state index is 4.49. The number of aromatic nitrogens is 4. The second-order valence-corrected chi connectivity index (χ2v) is 13.4. The molecule has 0 unspecified atom stereocenters. The molecule has 9 rings (SSSR count). The highest BCUT2D eigenvalue weighted by Crippen LogP contribution is 2.48. The molecule has 0 saturated carbocycles. The summed E-state index contributed by atoms with van der Waals surface area (Å²) in [6.07, 6.45) is 14.8. The number of rotatable bonds is 8. The smallest absolute Gasteiger partial charge is 0.0644 e. The molecule has 0 aliphatic rings. The van der Waals surface area contributed by atoms with Crippen LogP contribution in [0.2, 0.25) is 0 Å². The summed E-state index contributed by atoms with van der Waals surface area (Å²) in [4.78, 5) is 22.1. The molecule has 9 aromatic rings. The molecule has 6 nitrogen and oxygen atoms in total. The van der Waals surface area contributed by atoms with Gasteiger partial charge in [0.1, 0.15) is 0 Å². The van der Waals surface area contributed by atoms with E-state index in [1.165, 1.54) is 33.0 Å². The number of pyridine rings is 4. The molecule has 0 aliphatic carbocycles. The van der Waals surface area contributed by atoms with Gasteiger partial charge in [0.05, 0.1) is 23.8 Å². The van der Waals surface area contributed by atoms with Crippen molar-refractivity contribution in [1.29, 1.82) is 0 Å². The Labute approximate surface area is 314 Å². The lowest BCUT2D eigenvalue weighted by atomic mass is 9.85. The summed E-state index contributed by atoms with van der Waals surface area (Å²) in [5.41, 5.74) is 13.1. The van der Waals surface area contributed by atoms with Gasteiger partial charge in [-0.05, 0) is 130 Å². The quantitative estimate of drug-likeness (QED) is 0.147. The Bertz CT molecular complexity index is 2430. The number of fused-ring (bicyclic) bond motifs is 2. The van der Waals surface area contributed by atoms with Crippen LogP contribution in [0.3, 0.4) is 0 Å². The average molecular weight is 697 g/mol. The molecule has 0 bridgehead atoms. The zero-order valence-electron chi connectivity index (χ0n) is 30.0. The maximum Gasteiger partial charge on any atom is 0.0644 e. The van der Waals surface area contributed by atoms with Crippen LogP contribution in [-0.4, -0.2) is 19.9 Å². The van der Waals surface area contributed by atoms with Crippen molar-refractivity contribution >= 4 is 55.7 Å². The summed E-state index contributed by atoms with van der Waals surface area (Å²) >= 11 is 0. The molecule has 5 aromatic carbocycles. The molecule has 0 spiro atoms. The van der Waals surface area contributed by atoms with E-state index in [9.17, 15) is 0 Å². The molecule has 0 saturated heterocycles. The summed E-state index contributed by atoms with van der Waals surface area (Å²) in [5.74, 6) is 0. The van der Waals surface area contributed by atoms with E-state index in [1.807, 2.05) is 86.0 Å². The minimum atomic E-state index is 0.968. The van der Waals surface area contributed by atoms with Crippen molar-refractivity contribution in [2.45, 2.75) is 13.8 Å². The molecule has 4 heterocycles. The van der Waals surface area contributed by atoms with Crippen LogP contribution in [0.5, 0.6) is 0 Å². The molecule has 54 heavy (non-hydrogen) atoms. The van der Waals surface area contributed by atoms with Gasteiger partial charge in [0.2, 0.25) is 0 Å². The van der Waals surface area contributed by atoms with Gasteiger partial charge in [-0.2, -0.15) is 0 Å². The van der Waals surface area contributed by atoms with Crippen LogP contribution >= 0.6 is 0 Å². The first kappa shape index (κ1) is 32.7. The van der Waals surface area contributed by atoms with Gasteiger partial charge in [-0.15, -0.1) is 0 Å². The van der Waals surface area contributed by atoms with E-state index in [-0.39, 0.29) is 0 Å². The largest absolute Gasteiger partial charge is 0.309 e. The number of anilines is 6. The highest BCUT2D eigenvalue weighted by Gasteiger charge is 2.22. The number of hydrogen-bond acceptors (Lipinski definition) is 6. The van der Waals surface area contributed by atoms with E-state index in [4.69, 9.17) is 0 Å². The minimum absolute atomic E-state index is 0.968. The Hall–Kier alpha value is -7.18. The van der Waals surface area contributed by atoms with Gasteiger partial charge in [-0.25, -0.2) is 0 Å². The lowest BCUT2D eigenvalue weighted by Gasteiger charge is -2.27. The van der Waals surface area contributed by atoms with Crippen LogP contribution in [-0.2, 0) is 0 Å². The number of aryl methyl sites for hydroxylation is 2. The lowest BCUT2D eigenvalue weighted by molar-refractivity contribution is 1.21. The summed E-state index contributed by atoms with van der Waals surface area (Å²) in [5, 5.41) is 4.66. The van der Waals surface area contributed by atoms with E-state index in [0.717, 1.165) is 56.0 Å². The predicted molar refractivity (Wildman–Crippen MR) is 222 cm³/mol. The highest BCUT2D eigenvalue weighted by atomic mass is 15.2. The van der Waals surface area contributed by atoms with Crippen molar-refractivity contribution < 1.29 is 0 Å². The van der Waals surface area contributed by atoms with Crippen molar-refractivity contribution in [2.75, 3.05) is 9.80 Å². The summed E-state index contributed by atoms with van der Waals surface area (Å²) in [7, 11) is 0. The van der Waals surface area contributed by atoms with Crippen molar-refractivity contribution in [2.24, 2.45) is 0 Å². The van der Waals surface area contributed by atoms with E-state index in [2.05, 4.69) is 141 Å². The summed E-state index contributed by atoms with van der Waals surface area (Å²) in [6, 6.07) is 47.8. The van der Waals surface area contributed by atoms with Crippen LogP contribution in [0.15, 0.2) is 183 Å². The van der Waals surface area contributed by atoms with Crippen molar-refractivity contribution in [1.82, 2.24) is 19.9 Å². The lowest BCUT2D eigenvalue weighted by Crippen LogP contribution is -2.10. The first-order valence-electron chi connectivity index (χ1n) is 18.0. The van der Waals surface area contributed by atoms with Gasteiger partial charge in [-0.1, -0.05) is 71.8 Å². The minimum Gasteiger partial charge on any atom is -0.309 e. The second-order valence-electron chi connectivity index (χ2n) is 13.4. The van der Waals surface area contributed by atoms with Gasteiger partial charge < -0.3 is 9.80 Å². The SMILES string of the molecule is Cc1ccc(-c2c3ccc(N(c4ccncc4)c4cccnc4)cc3c(-c3ccc(C)cc3)c3ccc(N(c4ccncc4)c4cccnc4)cc23)cc1. The molecule has 0 aliphatic heterocycles. The molecule has 6 heteroatoms. The topological polar surface area (TPSA) is 58.0 Å². The van der Waals surface area contributed by atoms with E-state index >= 15 is 0 Å². The Kier molecular flexibility index (Phi) is 8.54. The van der Waals surface area contributed by atoms with Crippen molar-refractivity contribution in [3.05, 3.63) is 194 Å². The van der Waals surface area contributed by atoms with Crippen molar-refractivity contribution in [3.63, 3.8) is 0 Å². The van der Waals surface area contributed by atoms with Gasteiger partial charge in [0.15, 0.2) is 0 Å². The predicted octanol–water partition coefficient (Wildman–Crippen LogP) is 12.5. The third-order valence-corrected chi connectivity index (χ3v) is 9.93. The van der Waals surface area contributed by atoms with E-state index < -0.39 is 0 Å². The molecule has 258 valence electrons. The zero-order chi connectivity index (χ0) is 36.4. The molecule has 0 atom stereocenters. The summed E-state index contributed by atoms with van der Waals surface area (Å²) < 4.78 is 0. The highest BCUT2D eigenvalue weighted by molar-refractivity contribution is 6.22. The fraction of sp³-hybridized carbons (Fsp3) is 0.0417. The van der Waals surface area contributed by atoms with Gasteiger partial charge in [-0.3, -0.25) is 19.9 Å². The molecule has 0 radical (unpaired) electrons. The average Bonchev–Trinajstić information content (AvgIpc) is 3.23. The number of benzene rings is 5. The first-order valence-corrected chi connectivity index (χ1v) is 18.0. The van der Waals surface area contributed by atoms with Gasteiger partial charge in [0.25, 0.3) is 0 Å². The Morgan fingerprint density at radius 1 is 0.333 bits per heavy atom. The number of hydrogen-bond donors (Lipinski definition) is 0.